The van der Waals surface area contributed by atoms with E-state index < -0.39 is 34.8 Å². The highest BCUT2D eigenvalue weighted by Gasteiger charge is 2.23. The molecule has 0 aliphatic carbocycles. The minimum absolute atomic E-state index is 0.245. The average molecular weight is 347 g/mol. The number of nitrogens with zero attached hydrogens (tertiary/aromatic N) is 1. The number of carbonyl (C=O) groups is 1. The number of aromatic carboxylic acids is 1. The van der Waals surface area contributed by atoms with Crippen molar-refractivity contribution in [3.05, 3.63) is 77.6 Å². The number of carboxylic acid groups (broad SMARTS) is 1. The molecule has 3 nitrogen and oxygen atoms in total. The zero-order valence-corrected chi connectivity index (χ0v) is 12.4. The molecule has 0 saturated carbocycles. The lowest BCUT2D eigenvalue weighted by Gasteiger charge is -2.13. The molecule has 0 unspecified atom stereocenters. The smallest absolute Gasteiger partial charge is 0.337 e. The number of aromatic nitrogens is 1. The van der Waals surface area contributed by atoms with Gasteiger partial charge in [-0.3, -0.25) is 4.98 Å². The van der Waals surface area contributed by atoms with Crippen molar-refractivity contribution in [3.8, 4) is 22.3 Å². The summed E-state index contributed by atoms with van der Waals surface area (Å²) in [5.41, 5.74) is -1.69. The Bertz CT molecular complexity index is 919. The van der Waals surface area contributed by atoms with E-state index in [1.54, 1.807) is 0 Å². The van der Waals surface area contributed by atoms with Crippen LogP contribution in [-0.4, -0.2) is 16.1 Å². The van der Waals surface area contributed by atoms with E-state index in [9.17, 15) is 27.5 Å². The first-order valence-electron chi connectivity index (χ1n) is 7.02. The van der Waals surface area contributed by atoms with Gasteiger partial charge in [0, 0.05) is 34.6 Å². The summed E-state index contributed by atoms with van der Waals surface area (Å²) in [6.45, 7) is 0. The minimum atomic E-state index is -1.51. The lowest BCUT2D eigenvalue weighted by atomic mass is 9.93. The van der Waals surface area contributed by atoms with Crippen molar-refractivity contribution in [2.24, 2.45) is 0 Å². The van der Waals surface area contributed by atoms with Crippen LogP contribution in [0.2, 0.25) is 0 Å². The summed E-state index contributed by atoms with van der Waals surface area (Å²) >= 11 is 0. The highest BCUT2D eigenvalue weighted by atomic mass is 19.2. The minimum Gasteiger partial charge on any atom is -0.478 e. The number of hydrogen-bond donors (Lipinski definition) is 1. The van der Waals surface area contributed by atoms with Crippen LogP contribution in [0.15, 0.2) is 48.8 Å². The quantitative estimate of drug-likeness (QED) is 0.701. The van der Waals surface area contributed by atoms with Crippen LogP contribution in [0.5, 0.6) is 0 Å². The van der Waals surface area contributed by atoms with Crippen molar-refractivity contribution in [1.82, 2.24) is 4.98 Å². The SMILES string of the molecule is O=C(O)c1c(-c2cccc(F)c2F)cncc1-c1cccc(F)c1F. The molecule has 3 aromatic rings. The number of rotatable bonds is 3. The van der Waals surface area contributed by atoms with Gasteiger partial charge in [0.2, 0.25) is 0 Å². The van der Waals surface area contributed by atoms with Gasteiger partial charge in [-0.15, -0.1) is 0 Å². The molecular formula is C18H9F4NO2. The van der Waals surface area contributed by atoms with Gasteiger partial charge >= 0.3 is 5.97 Å². The average Bonchev–Trinajstić information content (AvgIpc) is 2.59. The van der Waals surface area contributed by atoms with Crippen LogP contribution in [0.1, 0.15) is 10.4 Å². The Morgan fingerprint density at radius 1 is 0.760 bits per heavy atom. The predicted octanol–water partition coefficient (Wildman–Crippen LogP) is 4.67. The Labute approximate surface area is 139 Å². The Hall–Kier alpha value is -3.22. The zero-order chi connectivity index (χ0) is 18.1. The molecule has 0 fully saturated rings. The topological polar surface area (TPSA) is 50.2 Å². The molecule has 25 heavy (non-hydrogen) atoms. The third-order valence-electron chi connectivity index (χ3n) is 3.64. The molecule has 2 aromatic carbocycles. The Morgan fingerprint density at radius 3 is 1.60 bits per heavy atom. The molecule has 7 heteroatoms. The third-order valence-corrected chi connectivity index (χ3v) is 3.64. The molecule has 1 N–H and O–H groups in total. The van der Waals surface area contributed by atoms with E-state index >= 15 is 0 Å². The summed E-state index contributed by atoms with van der Waals surface area (Å²) < 4.78 is 55.1. The number of halogens is 4. The molecule has 0 aliphatic rings. The van der Waals surface area contributed by atoms with Crippen LogP contribution in [0.4, 0.5) is 17.6 Å². The molecule has 0 bridgehead atoms. The number of benzene rings is 2. The third kappa shape index (κ3) is 2.84. The van der Waals surface area contributed by atoms with Crippen LogP contribution in [-0.2, 0) is 0 Å². The van der Waals surface area contributed by atoms with Crippen LogP contribution < -0.4 is 0 Å². The molecular weight excluding hydrogens is 338 g/mol. The van der Waals surface area contributed by atoms with Gasteiger partial charge in [0.15, 0.2) is 23.3 Å². The summed E-state index contributed by atoms with van der Waals surface area (Å²) in [5, 5.41) is 9.53. The van der Waals surface area contributed by atoms with Crippen molar-refractivity contribution in [2.75, 3.05) is 0 Å². The summed E-state index contributed by atoms with van der Waals surface area (Å²) in [6.07, 6.45) is 2.06. The van der Waals surface area contributed by atoms with Gasteiger partial charge in [-0.05, 0) is 12.1 Å². The van der Waals surface area contributed by atoms with E-state index in [4.69, 9.17) is 0 Å². The van der Waals surface area contributed by atoms with Crippen LogP contribution in [0.25, 0.3) is 22.3 Å². The molecule has 1 heterocycles. The highest BCUT2D eigenvalue weighted by Crippen LogP contribution is 2.34. The second kappa shape index (κ2) is 6.35. The molecule has 0 spiro atoms. The first kappa shape index (κ1) is 16.6. The molecule has 1 aromatic heterocycles. The summed E-state index contributed by atoms with van der Waals surface area (Å²) in [7, 11) is 0. The van der Waals surface area contributed by atoms with Gasteiger partial charge in [-0.1, -0.05) is 24.3 Å². The molecule has 0 atom stereocenters. The van der Waals surface area contributed by atoms with Crippen LogP contribution in [0, 0.1) is 23.3 Å². The van der Waals surface area contributed by atoms with E-state index in [2.05, 4.69) is 4.98 Å². The Morgan fingerprint density at radius 2 is 1.20 bits per heavy atom. The molecule has 126 valence electrons. The van der Waals surface area contributed by atoms with Gasteiger partial charge in [-0.2, -0.15) is 0 Å². The van der Waals surface area contributed by atoms with Crippen molar-refractivity contribution >= 4 is 5.97 Å². The van der Waals surface area contributed by atoms with Crippen molar-refractivity contribution < 1.29 is 27.5 Å². The maximum atomic E-state index is 14.1. The van der Waals surface area contributed by atoms with E-state index in [0.717, 1.165) is 24.5 Å². The fourth-order valence-electron chi connectivity index (χ4n) is 2.52. The second-order valence-corrected chi connectivity index (χ2v) is 5.12. The van der Waals surface area contributed by atoms with Crippen LogP contribution in [0.3, 0.4) is 0 Å². The largest absolute Gasteiger partial charge is 0.478 e. The fourth-order valence-corrected chi connectivity index (χ4v) is 2.52. The first-order chi connectivity index (χ1) is 11.9. The Balaban J connectivity index is 2.35. The zero-order valence-electron chi connectivity index (χ0n) is 12.4. The van der Waals surface area contributed by atoms with Gasteiger partial charge in [-0.25, -0.2) is 22.4 Å². The number of hydrogen-bond acceptors (Lipinski definition) is 2. The summed E-state index contributed by atoms with van der Waals surface area (Å²) in [4.78, 5) is 15.5. The maximum absolute atomic E-state index is 14.1. The summed E-state index contributed by atoms with van der Waals surface area (Å²) in [5.74, 6) is -6.38. The predicted molar refractivity (Wildman–Crippen MR) is 81.9 cm³/mol. The van der Waals surface area contributed by atoms with Gasteiger partial charge in [0.1, 0.15) is 0 Å². The Kier molecular flexibility index (Phi) is 4.22. The maximum Gasteiger partial charge on any atom is 0.337 e. The lowest BCUT2D eigenvalue weighted by Crippen LogP contribution is -2.06. The monoisotopic (exact) mass is 347 g/mol. The van der Waals surface area contributed by atoms with Crippen molar-refractivity contribution in [2.45, 2.75) is 0 Å². The first-order valence-corrected chi connectivity index (χ1v) is 7.02. The highest BCUT2D eigenvalue weighted by molar-refractivity contribution is 6.02. The van der Waals surface area contributed by atoms with E-state index in [-0.39, 0.29) is 22.3 Å². The van der Waals surface area contributed by atoms with Crippen molar-refractivity contribution in [1.29, 1.82) is 0 Å². The van der Waals surface area contributed by atoms with E-state index in [1.807, 2.05) is 0 Å². The van der Waals surface area contributed by atoms with E-state index in [1.165, 1.54) is 24.3 Å². The van der Waals surface area contributed by atoms with Gasteiger partial charge in [0.25, 0.3) is 0 Å². The molecule has 0 amide bonds. The second-order valence-electron chi connectivity index (χ2n) is 5.12. The standard InChI is InChI=1S/C18H9F4NO2/c19-13-5-1-3-9(16(13)21)11-7-23-8-12(15(11)18(24)25)10-4-2-6-14(20)17(10)22/h1-8H,(H,24,25). The number of pyridine rings is 1. The fraction of sp³-hybridized carbons (Fsp3) is 0. The van der Waals surface area contributed by atoms with Crippen LogP contribution >= 0.6 is 0 Å². The molecule has 0 saturated heterocycles. The molecule has 0 aliphatic heterocycles. The van der Waals surface area contributed by atoms with Crippen molar-refractivity contribution in [3.63, 3.8) is 0 Å². The lowest BCUT2D eigenvalue weighted by molar-refractivity contribution is 0.0698. The summed E-state index contributed by atoms with van der Waals surface area (Å²) in [6, 6.07) is 6.51. The molecule has 3 rings (SSSR count). The molecule has 0 radical (unpaired) electrons. The number of carboxylic acids is 1. The van der Waals surface area contributed by atoms with Gasteiger partial charge < -0.3 is 5.11 Å². The van der Waals surface area contributed by atoms with Gasteiger partial charge in [0.05, 0.1) is 5.56 Å². The van der Waals surface area contributed by atoms with E-state index in [0.29, 0.717) is 0 Å². The normalized spacial score (nSPS) is 10.7.